The van der Waals surface area contributed by atoms with Gasteiger partial charge in [-0.2, -0.15) is 0 Å². The van der Waals surface area contributed by atoms with E-state index in [4.69, 9.17) is 0 Å². The van der Waals surface area contributed by atoms with E-state index in [1.165, 1.54) is 50.6 Å². The van der Waals surface area contributed by atoms with Crippen molar-refractivity contribution in [2.45, 2.75) is 70.8 Å². The van der Waals surface area contributed by atoms with Crippen LogP contribution >= 0.6 is 0 Å². The first kappa shape index (κ1) is 19.9. The first-order valence-corrected chi connectivity index (χ1v) is 11.8. The molecule has 154 valence electrons. The zero-order valence-electron chi connectivity index (χ0n) is 17.7. The van der Waals surface area contributed by atoms with Gasteiger partial charge in [-0.1, -0.05) is 37.3 Å². The van der Waals surface area contributed by atoms with Crippen molar-refractivity contribution >= 4 is 5.91 Å². The van der Waals surface area contributed by atoms with Crippen molar-refractivity contribution in [3.63, 3.8) is 0 Å². The molecule has 3 aliphatic rings. The number of amides is 1. The van der Waals surface area contributed by atoms with Gasteiger partial charge in [0.1, 0.15) is 0 Å². The largest absolute Gasteiger partial charge is 0.342 e. The fraction of sp³-hybridized carbons (Fsp3) is 0.720. The number of likely N-dealkylation sites (tertiary alicyclic amines) is 2. The standard InChI is InChI=1S/C25H38N2O/c1-20-9-11-24(12-10-20)27-15-5-8-23(19-27)25(28)26-16-13-22(14-17-26)18-21-6-3-2-4-7-21/h2-4,6-7,20,22-24H,5,8-19H2,1H3/t20?,23-,24?/m1/s1. The highest BCUT2D eigenvalue weighted by molar-refractivity contribution is 5.79. The van der Waals surface area contributed by atoms with E-state index in [1.807, 2.05) is 0 Å². The fourth-order valence-electron chi connectivity index (χ4n) is 5.71. The van der Waals surface area contributed by atoms with Gasteiger partial charge in [0.15, 0.2) is 0 Å². The predicted molar refractivity (Wildman–Crippen MR) is 115 cm³/mol. The van der Waals surface area contributed by atoms with Crippen LogP contribution in [0.1, 0.15) is 63.9 Å². The summed E-state index contributed by atoms with van der Waals surface area (Å²) in [6, 6.07) is 11.6. The van der Waals surface area contributed by atoms with Gasteiger partial charge in [0, 0.05) is 25.7 Å². The van der Waals surface area contributed by atoms with Gasteiger partial charge in [0.25, 0.3) is 0 Å². The normalized spacial score (nSPS) is 30.3. The molecule has 0 N–H and O–H groups in total. The lowest BCUT2D eigenvalue weighted by Crippen LogP contribution is -2.50. The summed E-state index contributed by atoms with van der Waals surface area (Å²) in [4.78, 5) is 18.1. The third-order valence-electron chi connectivity index (χ3n) is 7.60. The van der Waals surface area contributed by atoms with Crippen molar-refractivity contribution in [3.05, 3.63) is 35.9 Å². The maximum absolute atomic E-state index is 13.2. The van der Waals surface area contributed by atoms with Crippen LogP contribution in [0.2, 0.25) is 0 Å². The van der Waals surface area contributed by atoms with Crippen molar-refractivity contribution < 1.29 is 4.79 Å². The Kier molecular flexibility index (Phi) is 6.72. The quantitative estimate of drug-likeness (QED) is 0.750. The molecule has 3 fully saturated rings. The SMILES string of the molecule is CC1CCC(N2CCC[C@@H](C(=O)N3CCC(Cc4ccccc4)CC3)C2)CC1. The van der Waals surface area contributed by atoms with Gasteiger partial charge >= 0.3 is 0 Å². The van der Waals surface area contributed by atoms with Crippen molar-refractivity contribution in [3.8, 4) is 0 Å². The van der Waals surface area contributed by atoms with Gasteiger partial charge < -0.3 is 4.90 Å². The minimum Gasteiger partial charge on any atom is -0.342 e. The highest BCUT2D eigenvalue weighted by Gasteiger charge is 2.34. The number of carbonyl (C=O) groups excluding carboxylic acids is 1. The van der Waals surface area contributed by atoms with E-state index >= 15 is 0 Å². The van der Waals surface area contributed by atoms with E-state index in [2.05, 4.69) is 47.1 Å². The number of hydrogen-bond acceptors (Lipinski definition) is 2. The van der Waals surface area contributed by atoms with Gasteiger partial charge in [-0.25, -0.2) is 0 Å². The van der Waals surface area contributed by atoms with Gasteiger partial charge in [0.05, 0.1) is 5.92 Å². The molecular weight excluding hydrogens is 344 g/mol. The summed E-state index contributed by atoms with van der Waals surface area (Å²) in [5.41, 5.74) is 1.44. The molecule has 3 heteroatoms. The molecule has 0 aromatic heterocycles. The van der Waals surface area contributed by atoms with Gasteiger partial charge in [-0.05, 0) is 81.7 Å². The molecule has 1 aromatic rings. The summed E-state index contributed by atoms with van der Waals surface area (Å²) < 4.78 is 0. The van der Waals surface area contributed by atoms with Gasteiger partial charge in [-0.3, -0.25) is 9.69 Å². The molecule has 1 atom stereocenters. The molecule has 1 saturated carbocycles. The van der Waals surface area contributed by atoms with E-state index in [1.54, 1.807) is 0 Å². The summed E-state index contributed by atoms with van der Waals surface area (Å²) in [7, 11) is 0. The molecule has 0 bridgehead atoms. The highest BCUT2D eigenvalue weighted by Crippen LogP contribution is 2.31. The summed E-state index contributed by atoms with van der Waals surface area (Å²) in [6.07, 6.45) is 11.2. The third-order valence-corrected chi connectivity index (χ3v) is 7.60. The zero-order valence-corrected chi connectivity index (χ0v) is 17.7. The average Bonchev–Trinajstić information content (AvgIpc) is 2.75. The van der Waals surface area contributed by atoms with Gasteiger partial charge in [-0.15, -0.1) is 0 Å². The van der Waals surface area contributed by atoms with Crippen LogP contribution in [0.4, 0.5) is 0 Å². The molecule has 1 aliphatic carbocycles. The molecule has 0 unspecified atom stereocenters. The van der Waals surface area contributed by atoms with Crippen LogP contribution in [0.15, 0.2) is 30.3 Å². The Balaban J connectivity index is 1.25. The van der Waals surface area contributed by atoms with Crippen molar-refractivity contribution in [1.82, 2.24) is 9.80 Å². The number of rotatable bonds is 4. The Bertz CT molecular complexity index is 615. The second-order valence-corrected chi connectivity index (χ2v) is 9.71. The predicted octanol–water partition coefficient (Wildman–Crippen LogP) is 4.76. The number of nitrogens with zero attached hydrogens (tertiary/aromatic N) is 2. The third kappa shape index (κ3) is 4.97. The monoisotopic (exact) mass is 382 g/mol. The summed E-state index contributed by atoms with van der Waals surface area (Å²) in [5, 5.41) is 0. The van der Waals surface area contributed by atoms with Gasteiger partial charge in [0.2, 0.25) is 5.91 Å². The smallest absolute Gasteiger partial charge is 0.226 e. The molecular formula is C25H38N2O. The van der Waals surface area contributed by atoms with E-state index in [-0.39, 0.29) is 5.92 Å². The first-order chi connectivity index (χ1) is 13.7. The summed E-state index contributed by atoms with van der Waals surface area (Å²) >= 11 is 0. The van der Waals surface area contributed by atoms with Crippen LogP contribution in [0.25, 0.3) is 0 Å². The average molecular weight is 383 g/mol. The summed E-state index contributed by atoms with van der Waals surface area (Å²) in [5.74, 6) is 2.33. The Morgan fingerprint density at radius 1 is 0.929 bits per heavy atom. The van der Waals surface area contributed by atoms with Crippen molar-refractivity contribution in [1.29, 1.82) is 0 Å². The van der Waals surface area contributed by atoms with Crippen molar-refractivity contribution in [2.75, 3.05) is 26.2 Å². The lowest BCUT2D eigenvalue weighted by atomic mass is 9.84. The van der Waals surface area contributed by atoms with E-state index in [0.29, 0.717) is 5.91 Å². The molecule has 0 radical (unpaired) electrons. The second-order valence-electron chi connectivity index (χ2n) is 9.71. The molecule has 1 amide bonds. The number of benzene rings is 1. The van der Waals surface area contributed by atoms with E-state index < -0.39 is 0 Å². The number of hydrogen-bond donors (Lipinski definition) is 0. The van der Waals surface area contributed by atoms with E-state index in [0.717, 1.165) is 56.8 Å². The molecule has 3 nitrogen and oxygen atoms in total. The van der Waals surface area contributed by atoms with Crippen molar-refractivity contribution in [2.24, 2.45) is 17.8 Å². The van der Waals surface area contributed by atoms with Crippen LogP contribution in [0.5, 0.6) is 0 Å². The van der Waals surface area contributed by atoms with Crippen LogP contribution in [-0.2, 0) is 11.2 Å². The van der Waals surface area contributed by atoms with Crippen LogP contribution in [-0.4, -0.2) is 47.9 Å². The lowest BCUT2D eigenvalue weighted by molar-refractivity contribution is -0.139. The molecule has 1 aromatic carbocycles. The second kappa shape index (κ2) is 9.43. The Morgan fingerprint density at radius 3 is 2.36 bits per heavy atom. The molecule has 28 heavy (non-hydrogen) atoms. The Labute approximate surface area is 171 Å². The van der Waals surface area contributed by atoms with Crippen LogP contribution in [0.3, 0.4) is 0 Å². The minimum absolute atomic E-state index is 0.249. The maximum atomic E-state index is 13.2. The highest BCUT2D eigenvalue weighted by atomic mass is 16.2. The molecule has 2 aliphatic heterocycles. The molecule has 2 heterocycles. The number of piperidine rings is 2. The minimum atomic E-state index is 0.249. The number of carbonyl (C=O) groups is 1. The Morgan fingerprint density at radius 2 is 1.64 bits per heavy atom. The molecule has 2 saturated heterocycles. The zero-order chi connectivity index (χ0) is 19.3. The molecule has 4 rings (SSSR count). The molecule has 0 spiro atoms. The van der Waals surface area contributed by atoms with Crippen LogP contribution in [0, 0.1) is 17.8 Å². The topological polar surface area (TPSA) is 23.6 Å². The summed E-state index contributed by atoms with van der Waals surface area (Å²) in [6.45, 7) is 6.55. The van der Waals surface area contributed by atoms with Crippen LogP contribution < -0.4 is 0 Å². The first-order valence-electron chi connectivity index (χ1n) is 11.8. The lowest BCUT2D eigenvalue weighted by Gasteiger charge is -2.42. The fourth-order valence-corrected chi connectivity index (χ4v) is 5.71. The Hall–Kier alpha value is -1.35. The maximum Gasteiger partial charge on any atom is 0.226 e. The van der Waals surface area contributed by atoms with E-state index in [9.17, 15) is 4.79 Å².